The van der Waals surface area contributed by atoms with E-state index in [2.05, 4.69) is 5.32 Å². The second-order valence-electron chi connectivity index (χ2n) is 9.15. The average molecular weight is 505 g/mol. The van der Waals surface area contributed by atoms with Gasteiger partial charge in [0.15, 0.2) is 0 Å². The number of halogens is 1. The number of hydrogen-bond donors (Lipinski definition) is 1. The first-order chi connectivity index (χ1) is 17.3. The van der Waals surface area contributed by atoms with Gasteiger partial charge in [-0.1, -0.05) is 60.1 Å². The molecule has 0 aromatic heterocycles. The standard InChI is InChI=1S/C29H29ClN2O4/c1-29(28(35)31-16-14-20-8-12-25(30)13-9-20)15-17-32(29)26(33)18-21-6-10-22(11-7-21)23-4-3-5-24(19-23)27(34)36-2/h3-13,19H,14-18H2,1-2H3,(H,31,35). The highest BCUT2D eigenvalue weighted by molar-refractivity contribution is 6.30. The highest BCUT2D eigenvalue weighted by Gasteiger charge is 2.48. The summed E-state index contributed by atoms with van der Waals surface area (Å²) in [4.78, 5) is 39.4. The molecule has 7 heteroatoms. The third kappa shape index (κ3) is 5.60. The van der Waals surface area contributed by atoms with Crippen LogP contribution < -0.4 is 5.32 Å². The molecule has 0 saturated carbocycles. The molecule has 1 heterocycles. The number of amides is 2. The number of esters is 1. The van der Waals surface area contributed by atoms with E-state index in [0.29, 0.717) is 36.5 Å². The topological polar surface area (TPSA) is 75.7 Å². The van der Waals surface area contributed by atoms with Crippen molar-refractivity contribution in [1.29, 1.82) is 0 Å². The molecule has 1 aliphatic rings. The Labute approximate surface area is 216 Å². The van der Waals surface area contributed by atoms with Crippen molar-refractivity contribution < 1.29 is 19.1 Å². The number of likely N-dealkylation sites (tertiary alicyclic amines) is 1. The first kappa shape index (κ1) is 25.5. The van der Waals surface area contributed by atoms with Gasteiger partial charge >= 0.3 is 5.97 Å². The summed E-state index contributed by atoms with van der Waals surface area (Å²) in [5.74, 6) is -0.584. The van der Waals surface area contributed by atoms with E-state index in [4.69, 9.17) is 16.3 Å². The Morgan fingerprint density at radius 1 is 0.972 bits per heavy atom. The van der Waals surface area contributed by atoms with Gasteiger partial charge in [-0.3, -0.25) is 9.59 Å². The Kier molecular flexibility index (Phi) is 7.75. The lowest BCUT2D eigenvalue weighted by molar-refractivity contribution is -0.157. The normalized spacial score (nSPS) is 16.7. The zero-order chi connectivity index (χ0) is 25.7. The Bertz CT molecular complexity index is 1260. The lowest BCUT2D eigenvalue weighted by Crippen LogP contribution is -2.67. The Balaban J connectivity index is 1.33. The van der Waals surface area contributed by atoms with E-state index in [1.165, 1.54) is 7.11 Å². The molecule has 3 aromatic carbocycles. The van der Waals surface area contributed by atoms with E-state index in [-0.39, 0.29) is 24.2 Å². The van der Waals surface area contributed by atoms with Crippen molar-refractivity contribution in [3.63, 3.8) is 0 Å². The fourth-order valence-electron chi connectivity index (χ4n) is 4.39. The Hall–Kier alpha value is -3.64. The third-order valence-electron chi connectivity index (χ3n) is 6.75. The number of carbonyl (C=O) groups is 3. The van der Waals surface area contributed by atoms with Gasteiger partial charge in [0.05, 0.1) is 19.1 Å². The maximum atomic E-state index is 13.0. The number of ether oxygens (including phenoxy) is 1. The molecule has 36 heavy (non-hydrogen) atoms. The van der Waals surface area contributed by atoms with Gasteiger partial charge < -0.3 is 15.0 Å². The van der Waals surface area contributed by atoms with Crippen molar-refractivity contribution in [3.05, 3.63) is 94.5 Å². The average Bonchev–Trinajstić information content (AvgIpc) is 2.88. The summed E-state index contributed by atoms with van der Waals surface area (Å²) in [7, 11) is 1.36. The molecule has 1 N–H and O–H groups in total. The smallest absolute Gasteiger partial charge is 0.337 e. The first-order valence-electron chi connectivity index (χ1n) is 11.9. The first-order valence-corrected chi connectivity index (χ1v) is 12.3. The van der Waals surface area contributed by atoms with Crippen molar-refractivity contribution in [2.45, 2.75) is 31.7 Å². The molecule has 6 nitrogen and oxygen atoms in total. The monoisotopic (exact) mass is 504 g/mol. The second kappa shape index (κ2) is 11.0. The second-order valence-corrected chi connectivity index (χ2v) is 9.58. The summed E-state index contributed by atoms with van der Waals surface area (Å²) in [6, 6.07) is 22.4. The predicted molar refractivity (Wildman–Crippen MR) is 140 cm³/mol. The molecular weight excluding hydrogens is 476 g/mol. The van der Waals surface area contributed by atoms with Crippen LogP contribution in [0.2, 0.25) is 5.02 Å². The largest absolute Gasteiger partial charge is 0.465 e. The van der Waals surface area contributed by atoms with E-state index >= 15 is 0 Å². The van der Waals surface area contributed by atoms with Gasteiger partial charge in [-0.05, 0) is 66.3 Å². The maximum Gasteiger partial charge on any atom is 0.337 e. The molecule has 2 amide bonds. The van der Waals surface area contributed by atoms with Crippen LogP contribution in [-0.2, 0) is 27.2 Å². The molecule has 1 fully saturated rings. The van der Waals surface area contributed by atoms with Crippen molar-refractivity contribution in [2.24, 2.45) is 0 Å². The summed E-state index contributed by atoms with van der Waals surface area (Å²) in [5.41, 5.74) is 3.44. The number of carbonyl (C=O) groups excluding carboxylic acids is 3. The van der Waals surface area contributed by atoms with E-state index in [0.717, 1.165) is 22.3 Å². The summed E-state index contributed by atoms with van der Waals surface area (Å²) >= 11 is 5.92. The van der Waals surface area contributed by atoms with Crippen LogP contribution in [0, 0.1) is 0 Å². The van der Waals surface area contributed by atoms with Crippen LogP contribution in [0.3, 0.4) is 0 Å². The lowest BCUT2D eigenvalue weighted by Gasteiger charge is -2.49. The third-order valence-corrected chi connectivity index (χ3v) is 7.00. The van der Waals surface area contributed by atoms with Crippen LogP contribution in [-0.4, -0.2) is 48.4 Å². The van der Waals surface area contributed by atoms with Crippen molar-refractivity contribution in [3.8, 4) is 11.1 Å². The molecule has 1 saturated heterocycles. The van der Waals surface area contributed by atoms with Crippen LogP contribution in [0.5, 0.6) is 0 Å². The van der Waals surface area contributed by atoms with Crippen molar-refractivity contribution in [2.75, 3.05) is 20.2 Å². The van der Waals surface area contributed by atoms with E-state index < -0.39 is 5.54 Å². The molecule has 0 spiro atoms. The van der Waals surface area contributed by atoms with E-state index in [1.54, 1.807) is 17.0 Å². The number of methoxy groups -OCH3 is 1. The fraction of sp³-hybridized carbons (Fsp3) is 0.276. The molecule has 1 aliphatic heterocycles. The predicted octanol–water partition coefficient (Wildman–Crippen LogP) is 4.69. The fourth-order valence-corrected chi connectivity index (χ4v) is 4.51. The highest BCUT2D eigenvalue weighted by atomic mass is 35.5. The molecule has 1 atom stereocenters. The number of nitrogens with one attached hydrogen (secondary N) is 1. The summed E-state index contributed by atoms with van der Waals surface area (Å²) in [6.07, 6.45) is 1.55. The van der Waals surface area contributed by atoms with E-state index in [9.17, 15) is 14.4 Å². The number of hydrogen-bond acceptors (Lipinski definition) is 4. The minimum absolute atomic E-state index is 0.0722. The van der Waals surface area contributed by atoms with E-state index in [1.807, 2.05) is 67.6 Å². The summed E-state index contributed by atoms with van der Waals surface area (Å²) in [6.45, 7) is 2.89. The van der Waals surface area contributed by atoms with Crippen molar-refractivity contribution in [1.82, 2.24) is 10.2 Å². The van der Waals surface area contributed by atoms with Crippen LogP contribution in [0.4, 0.5) is 0 Å². The van der Waals surface area contributed by atoms with Gasteiger partial charge in [0.25, 0.3) is 0 Å². The molecule has 3 aromatic rings. The van der Waals surface area contributed by atoms with Gasteiger partial charge in [0.1, 0.15) is 5.54 Å². The maximum absolute atomic E-state index is 13.0. The van der Waals surface area contributed by atoms with Gasteiger partial charge in [-0.15, -0.1) is 0 Å². The summed E-state index contributed by atoms with van der Waals surface area (Å²) < 4.78 is 4.79. The highest BCUT2D eigenvalue weighted by Crippen LogP contribution is 2.31. The molecular formula is C29H29ClN2O4. The SMILES string of the molecule is COC(=O)c1cccc(-c2ccc(CC(=O)N3CCC3(C)C(=O)NCCc3ccc(Cl)cc3)cc2)c1. The molecule has 1 unspecified atom stereocenters. The van der Waals surface area contributed by atoms with Crippen LogP contribution in [0.1, 0.15) is 34.8 Å². The zero-order valence-electron chi connectivity index (χ0n) is 20.4. The van der Waals surface area contributed by atoms with Gasteiger partial charge in [-0.25, -0.2) is 4.79 Å². The zero-order valence-corrected chi connectivity index (χ0v) is 21.2. The minimum Gasteiger partial charge on any atom is -0.465 e. The van der Waals surface area contributed by atoms with Gasteiger partial charge in [-0.2, -0.15) is 0 Å². The van der Waals surface area contributed by atoms with Crippen LogP contribution in [0.15, 0.2) is 72.8 Å². The molecule has 0 radical (unpaired) electrons. The number of rotatable bonds is 8. The number of nitrogens with zero attached hydrogens (tertiary/aromatic N) is 1. The summed E-state index contributed by atoms with van der Waals surface area (Å²) in [5, 5.41) is 3.66. The lowest BCUT2D eigenvalue weighted by atomic mass is 9.84. The van der Waals surface area contributed by atoms with Gasteiger partial charge in [0.2, 0.25) is 11.8 Å². The molecule has 186 valence electrons. The Morgan fingerprint density at radius 2 is 1.67 bits per heavy atom. The molecule has 4 rings (SSSR count). The molecule has 0 aliphatic carbocycles. The van der Waals surface area contributed by atoms with Crippen molar-refractivity contribution >= 4 is 29.4 Å². The Morgan fingerprint density at radius 3 is 2.31 bits per heavy atom. The van der Waals surface area contributed by atoms with Crippen LogP contribution in [0.25, 0.3) is 11.1 Å². The molecule has 0 bridgehead atoms. The quantitative estimate of drug-likeness (QED) is 0.452. The van der Waals surface area contributed by atoms with Crippen LogP contribution >= 0.6 is 11.6 Å². The van der Waals surface area contributed by atoms with Gasteiger partial charge in [0, 0.05) is 18.1 Å². The number of benzene rings is 3. The minimum atomic E-state index is -0.828.